The zero-order chi connectivity index (χ0) is 14.1. The Morgan fingerprint density at radius 3 is 2.53 bits per heavy atom. The van der Waals surface area contributed by atoms with Gasteiger partial charge < -0.3 is 15.0 Å². The fraction of sp³-hybridized carbons (Fsp3) is 0.625. The van der Waals surface area contributed by atoms with E-state index in [9.17, 15) is 0 Å². The predicted molar refractivity (Wildman–Crippen MR) is 82.0 cm³/mol. The summed E-state index contributed by atoms with van der Waals surface area (Å²) in [6, 6.07) is 9.02. The van der Waals surface area contributed by atoms with Gasteiger partial charge in [0.05, 0.1) is 7.11 Å². The molecule has 0 bridgehead atoms. The van der Waals surface area contributed by atoms with Gasteiger partial charge in [0.2, 0.25) is 0 Å². The molecule has 3 heteroatoms. The van der Waals surface area contributed by atoms with Crippen molar-refractivity contribution in [1.82, 2.24) is 10.2 Å². The Balaban J connectivity index is 2.29. The van der Waals surface area contributed by atoms with Crippen LogP contribution in [0.5, 0.6) is 5.75 Å². The minimum atomic E-state index is 0.624. The molecular weight excluding hydrogens is 236 g/mol. The lowest BCUT2D eigenvalue weighted by Gasteiger charge is -2.24. The molecule has 1 atom stereocenters. The number of methoxy groups -OCH3 is 1. The third kappa shape index (κ3) is 6.08. The number of hydrogen-bond acceptors (Lipinski definition) is 3. The van der Waals surface area contributed by atoms with E-state index in [0.717, 1.165) is 25.3 Å². The Morgan fingerprint density at radius 1 is 1.26 bits per heavy atom. The maximum absolute atomic E-state index is 5.17. The zero-order valence-electron chi connectivity index (χ0n) is 12.8. The summed E-state index contributed by atoms with van der Waals surface area (Å²) in [5.74, 6) is 0.931. The van der Waals surface area contributed by atoms with Gasteiger partial charge >= 0.3 is 0 Å². The molecule has 1 aromatic rings. The van der Waals surface area contributed by atoms with Crippen molar-refractivity contribution in [3.63, 3.8) is 0 Å². The molecule has 0 amide bonds. The number of ether oxygens (including phenoxy) is 1. The maximum atomic E-state index is 5.17. The van der Waals surface area contributed by atoms with Crippen LogP contribution in [0.3, 0.4) is 0 Å². The quantitative estimate of drug-likeness (QED) is 0.694. The van der Waals surface area contributed by atoms with Crippen molar-refractivity contribution in [3.8, 4) is 5.75 Å². The lowest BCUT2D eigenvalue weighted by atomic mass is 10.1. The van der Waals surface area contributed by atoms with E-state index >= 15 is 0 Å². The first kappa shape index (κ1) is 16.0. The first-order valence-electron chi connectivity index (χ1n) is 7.15. The maximum Gasteiger partial charge on any atom is 0.118 e. The number of benzene rings is 1. The van der Waals surface area contributed by atoms with Crippen LogP contribution in [0.1, 0.15) is 25.3 Å². The molecule has 0 heterocycles. The van der Waals surface area contributed by atoms with E-state index in [0.29, 0.717) is 6.04 Å². The normalized spacial score (nSPS) is 12.7. The molecule has 0 saturated heterocycles. The standard InChI is InChI=1S/C16H28N2O/c1-14(18(3)13-5-12-17-2)6-7-15-8-10-16(19-4)11-9-15/h8-11,14,17H,5-7,12-13H2,1-4H3. The molecule has 1 aromatic carbocycles. The zero-order valence-corrected chi connectivity index (χ0v) is 12.8. The Bertz CT molecular complexity index is 337. The summed E-state index contributed by atoms with van der Waals surface area (Å²) < 4.78 is 5.17. The highest BCUT2D eigenvalue weighted by Gasteiger charge is 2.08. The van der Waals surface area contributed by atoms with E-state index in [-0.39, 0.29) is 0 Å². The molecule has 19 heavy (non-hydrogen) atoms. The third-order valence-corrected chi connectivity index (χ3v) is 3.70. The van der Waals surface area contributed by atoms with Crippen LogP contribution in [0.2, 0.25) is 0 Å². The number of rotatable bonds is 9. The molecule has 0 aromatic heterocycles. The summed E-state index contributed by atoms with van der Waals surface area (Å²) in [5.41, 5.74) is 1.39. The van der Waals surface area contributed by atoms with Gasteiger partial charge in [0.1, 0.15) is 5.75 Å². The molecule has 108 valence electrons. The van der Waals surface area contributed by atoms with Gasteiger partial charge in [0.15, 0.2) is 0 Å². The van der Waals surface area contributed by atoms with E-state index in [2.05, 4.69) is 36.3 Å². The van der Waals surface area contributed by atoms with Crippen LogP contribution in [0, 0.1) is 0 Å². The van der Waals surface area contributed by atoms with E-state index < -0.39 is 0 Å². The lowest BCUT2D eigenvalue weighted by molar-refractivity contribution is 0.243. The van der Waals surface area contributed by atoms with Crippen LogP contribution < -0.4 is 10.1 Å². The number of aryl methyl sites for hydroxylation is 1. The van der Waals surface area contributed by atoms with Crippen LogP contribution in [0.4, 0.5) is 0 Å². The second-order valence-electron chi connectivity index (χ2n) is 5.17. The molecule has 0 aliphatic rings. The molecule has 3 nitrogen and oxygen atoms in total. The van der Waals surface area contributed by atoms with Crippen LogP contribution in [0.25, 0.3) is 0 Å². The minimum absolute atomic E-state index is 0.624. The van der Waals surface area contributed by atoms with Gasteiger partial charge in [-0.3, -0.25) is 0 Å². The van der Waals surface area contributed by atoms with Crippen LogP contribution >= 0.6 is 0 Å². The molecule has 0 fully saturated rings. The smallest absolute Gasteiger partial charge is 0.118 e. The number of nitrogens with zero attached hydrogens (tertiary/aromatic N) is 1. The van der Waals surface area contributed by atoms with Crippen LogP contribution in [-0.4, -0.2) is 45.2 Å². The highest BCUT2D eigenvalue weighted by atomic mass is 16.5. The van der Waals surface area contributed by atoms with Crippen molar-refractivity contribution in [2.75, 3.05) is 34.3 Å². The summed E-state index contributed by atoms with van der Waals surface area (Å²) in [4.78, 5) is 2.45. The highest BCUT2D eigenvalue weighted by molar-refractivity contribution is 5.27. The molecular formula is C16H28N2O. The molecule has 0 radical (unpaired) electrons. The van der Waals surface area contributed by atoms with Gasteiger partial charge in [-0.2, -0.15) is 0 Å². The highest BCUT2D eigenvalue weighted by Crippen LogP contribution is 2.14. The molecule has 0 aliphatic carbocycles. The summed E-state index contributed by atoms with van der Waals surface area (Å²) in [6.07, 6.45) is 3.53. The predicted octanol–water partition coefficient (Wildman–Crippen LogP) is 2.56. The van der Waals surface area contributed by atoms with Crippen molar-refractivity contribution in [2.45, 2.75) is 32.2 Å². The van der Waals surface area contributed by atoms with Crippen molar-refractivity contribution in [3.05, 3.63) is 29.8 Å². The summed E-state index contributed by atoms with van der Waals surface area (Å²) in [7, 11) is 5.93. The first-order valence-corrected chi connectivity index (χ1v) is 7.15. The average molecular weight is 264 g/mol. The summed E-state index contributed by atoms with van der Waals surface area (Å²) >= 11 is 0. The van der Waals surface area contributed by atoms with Gasteiger partial charge in [0, 0.05) is 6.04 Å². The molecule has 1 rings (SSSR count). The van der Waals surface area contributed by atoms with E-state index in [4.69, 9.17) is 4.74 Å². The summed E-state index contributed by atoms with van der Waals surface area (Å²) in [5, 5.41) is 3.19. The second kappa shape index (κ2) is 8.94. The Morgan fingerprint density at radius 2 is 1.95 bits per heavy atom. The van der Waals surface area contributed by atoms with E-state index in [1.165, 1.54) is 18.4 Å². The first-order chi connectivity index (χ1) is 9.17. The molecule has 0 aliphatic heterocycles. The monoisotopic (exact) mass is 264 g/mol. The van der Waals surface area contributed by atoms with Crippen molar-refractivity contribution in [1.29, 1.82) is 0 Å². The average Bonchev–Trinajstić information content (AvgIpc) is 2.45. The number of nitrogens with one attached hydrogen (secondary N) is 1. The van der Waals surface area contributed by atoms with Gasteiger partial charge in [0.25, 0.3) is 0 Å². The SMILES string of the molecule is CNCCCN(C)C(C)CCc1ccc(OC)cc1. The largest absolute Gasteiger partial charge is 0.497 e. The van der Waals surface area contributed by atoms with Gasteiger partial charge in [-0.15, -0.1) is 0 Å². The molecule has 0 saturated carbocycles. The topological polar surface area (TPSA) is 24.5 Å². The Hall–Kier alpha value is -1.06. The minimum Gasteiger partial charge on any atom is -0.497 e. The Labute approximate surface area is 118 Å². The van der Waals surface area contributed by atoms with E-state index in [1.807, 2.05) is 19.2 Å². The lowest BCUT2D eigenvalue weighted by Crippen LogP contribution is -2.31. The van der Waals surface area contributed by atoms with Crippen molar-refractivity contribution < 1.29 is 4.74 Å². The van der Waals surface area contributed by atoms with E-state index in [1.54, 1.807) is 7.11 Å². The second-order valence-corrected chi connectivity index (χ2v) is 5.17. The van der Waals surface area contributed by atoms with Crippen molar-refractivity contribution in [2.24, 2.45) is 0 Å². The fourth-order valence-electron chi connectivity index (χ4n) is 2.11. The van der Waals surface area contributed by atoms with Gasteiger partial charge in [-0.25, -0.2) is 0 Å². The third-order valence-electron chi connectivity index (χ3n) is 3.70. The molecule has 0 spiro atoms. The molecule has 1 unspecified atom stereocenters. The van der Waals surface area contributed by atoms with Crippen LogP contribution in [-0.2, 0) is 6.42 Å². The fourth-order valence-corrected chi connectivity index (χ4v) is 2.11. The Kier molecular flexibility index (Phi) is 7.53. The van der Waals surface area contributed by atoms with Gasteiger partial charge in [-0.05, 0) is 71.1 Å². The van der Waals surface area contributed by atoms with Crippen molar-refractivity contribution >= 4 is 0 Å². The number of hydrogen-bond donors (Lipinski definition) is 1. The molecule has 1 N–H and O–H groups in total. The summed E-state index contributed by atoms with van der Waals surface area (Å²) in [6.45, 7) is 4.56. The van der Waals surface area contributed by atoms with Crippen LogP contribution in [0.15, 0.2) is 24.3 Å². The van der Waals surface area contributed by atoms with Gasteiger partial charge in [-0.1, -0.05) is 12.1 Å².